The van der Waals surface area contributed by atoms with Crippen LogP contribution in [-0.2, 0) is 4.79 Å². The molecule has 0 radical (unpaired) electrons. The standard InChI is InChI=1S/C11H13N3O2/c12-10(15)9-4-2-6-14(9)11(16)8-3-1-5-13-7-8/h1,3,5,7,9H,2,4,6H2,(H2,12,15)/t9-/m0/s1. The fourth-order valence-corrected chi connectivity index (χ4v) is 1.96. The molecular formula is C11H13N3O2. The van der Waals surface area contributed by atoms with Crippen molar-refractivity contribution in [3.05, 3.63) is 30.1 Å². The van der Waals surface area contributed by atoms with Crippen LogP contribution in [0.15, 0.2) is 24.5 Å². The fraction of sp³-hybridized carbons (Fsp3) is 0.364. The minimum absolute atomic E-state index is 0.172. The minimum Gasteiger partial charge on any atom is -0.368 e. The molecule has 0 unspecified atom stereocenters. The topological polar surface area (TPSA) is 76.3 Å². The van der Waals surface area contributed by atoms with Crippen LogP contribution in [0.3, 0.4) is 0 Å². The number of aromatic nitrogens is 1. The molecule has 0 saturated carbocycles. The summed E-state index contributed by atoms with van der Waals surface area (Å²) >= 11 is 0. The van der Waals surface area contributed by atoms with Crippen molar-refractivity contribution in [2.75, 3.05) is 6.54 Å². The van der Waals surface area contributed by atoms with Crippen LogP contribution >= 0.6 is 0 Å². The summed E-state index contributed by atoms with van der Waals surface area (Å²) in [5.74, 6) is -0.607. The van der Waals surface area contributed by atoms with E-state index < -0.39 is 11.9 Å². The van der Waals surface area contributed by atoms with Gasteiger partial charge in [0.05, 0.1) is 5.56 Å². The Balaban J connectivity index is 2.19. The molecule has 0 spiro atoms. The molecule has 1 aliphatic heterocycles. The van der Waals surface area contributed by atoms with Crippen LogP contribution in [0.2, 0.25) is 0 Å². The lowest BCUT2D eigenvalue weighted by atomic mass is 10.2. The number of carbonyl (C=O) groups excluding carboxylic acids is 2. The number of primary amides is 1. The molecule has 1 atom stereocenters. The maximum Gasteiger partial charge on any atom is 0.256 e. The summed E-state index contributed by atoms with van der Waals surface area (Å²) < 4.78 is 0. The highest BCUT2D eigenvalue weighted by atomic mass is 16.2. The van der Waals surface area contributed by atoms with Crippen molar-refractivity contribution in [3.63, 3.8) is 0 Å². The van der Waals surface area contributed by atoms with Gasteiger partial charge in [0.25, 0.3) is 5.91 Å². The maximum atomic E-state index is 12.0. The molecule has 1 fully saturated rings. The Hall–Kier alpha value is -1.91. The smallest absolute Gasteiger partial charge is 0.256 e. The third kappa shape index (κ3) is 1.88. The van der Waals surface area contributed by atoms with Crippen LogP contribution in [0.25, 0.3) is 0 Å². The Morgan fingerprint density at radius 2 is 2.31 bits per heavy atom. The van der Waals surface area contributed by atoms with E-state index in [0.717, 1.165) is 6.42 Å². The molecule has 0 aliphatic carbocycles. The van der Waals surface area contributed by atoms with Gasteiger partial charge < -0.3 is 10.6 Å². The van der Waals surface area contributed by atoms with Gasteiger partial charge in [0.1, 0.15) is 6.04 Å². The Labute approximate surface area is 93.3 Å². The van der Waals surface area contributed by atoms with Crippen LogP contribution in [0.4, 0.5) is 0 Å². The van der Waals surface area contributed by atoms with Crippen molar-refractivity contribution in [1.29, 1.82) is 0 Å². The molecule has 16 heavy (non-hydrogen) atoms. The van der Waals surface area contributed by atoms with E-state index in [1.165, 1.54) is 11.1 Å². The molecule has 1 saturated heterocycles. The van der Waals surface area contributed by atoms with Crippen LogP contribution in [0.1, 0.15) is 23.2 Å². The monoisotopic (exact) mass is 219 g/mol. The average molecular weight is 219 g/mol. The van der Waals surface area contributed by atoms with E-state index in [1.807, 2.05) is 0 Å². The van der Waals surface area contributed by atoms with E-state index in [4.69, 9.17) is 5.73 Å². The highest BCUT2D eigenvalue weighted by Crippen LogP contribution is 2.19. The van der Waals surface area contributed by atoms with E-state index in [1.54, 1.807) is 18.3 Å². The number of likely N-dealkylation sites (tertiary alicyclic amines) is 1. The number of rotatable bonds is 2. The Kier molecular flexibility index (Phi) is 2.85. The number of amides is 2. The van der Waals surface area contributed by atoms with E-state index in [-0.39, 0.29) is 5.91 Å². The number of carbonyl (C=O) groups is 2. The lowest BCUT2D eigenvalue weighted by molar-refractivity contribution is -0.121. The van der Waals surface area contributed by atoms with E-state index in [2.05, 4.69) is 4.98 Å². The Bertz CT molecular complexity index is 405. The molecule has 1 aromatic heterocycles. The predicted octanol–water partition coefficient (Wildman–Crippen LogP) is 0.171. The van der Waals surface area contributed by atoms with Gasteiger partial charge >= 0.3 is 0 Å². The number of pyridine rings is 1. The van der Waals surface area contributed by atoms with Crippen LogP contribution in [0, 0.1) is 0 Å². The third-order valence-corrected chi connectivity index (χ3v) is 2.75. The van der Waals surface area contributed by atoms with Crippen molar-refractivity contribution >= 4 is 11.8 Å². The van der Waals surface area contributed by atoms with Gasteiger partial charge in [-0.1, -0.05) is 0 Å². The van der Waals surface area contributed by atoms with Crippen molar-refractivity contribution < 1.29 is 9.59 Å². The molecule has 5 heteroatoms. The van der Waals surface area contributed by atoms with Gasteiger partial charge in [-0.05, 0) is 25.0 Å². The highest BCUT2D eigenvalue weighted by Gasteiger charge is 2.32. The largest absolute Gasteiger partial charge is 0.368 e. The Morgan fingerprint density at radius 3 is 2.94 bits per heavy atom. The molecule has 2 rings (SSSR count). The summed E-state index contributed by atoms with van der Waals surface area (Å²) in [6.45, 7) is 0.585. The number of hydrogen-bond acceptors (Lipinski definition) is 3. The summed E-state index contributed by atoms with van der Waals surface area (Å²) in [5.41, 5.74) is 5.75. The summed E-state index contributed by atoms with van der Waals surface area (Å²) in [6, 6.07) is 2.92. The quantitative estimate of drug-likeness (QED) is 0.770. The fourth-order valence-electron chi connectivity index (χ4n) is 1.96. The summed E-state index contributed by atoms with van der Waals surface area (Å²) in [7, 11) is 0. The minimum atomic E-state index is -0.465. The first-order valence-corrected chi connectivity index (χ1v) is 5.20. The van der Waals surface area contributed by atoms with E-state index in [0.29, 0.717) is 18.5 Å². The van der Waals surface area contributed by atoms with Crippen LogP contribution in [-0.4, -0.2) is 34.3 Å². The summed E-state index contributed by atoms with van der Waals surface area (Å²) in [4.78, 5) is 28.6. The van der Waals surface area contributed by atoms with Crippen LogP contribution < -0.4 is 5.73 Å². The predicted molar refractivity (Wildman–Crippen MR) is 57.5 cm³/mol. The third-order valence-electron chi connectivity index (χ3n) is 2.75. The SMILES string of the molecule is NC(=O)[C@@H]1CCCN1C(=O)c1cccnc1. The van der Waals surface area contributed by atoms with Crippen LogP contribution in [0.5, 0.6) is 0 Å². The van der Waals surface area contributed by atoms with Crippen molar-refractivity contribution in [2.45, 2.75) is 18.9 Å². The second-order valence-electron chi connectivity index (χ2n) is 3.80. The molecule has 2 amide bonds. The summed E-state index contributed by atoms with van der Waals surface area (Å²) in [5, 5.41) is 0. The Morgan fingerprint density at radius 1 is 1.50 bits per heavy atom. The van der Waals surface area contributed by atoms with Gasteiger partial charge in [0, 0.05) is 18.9 Å². The summed E-state index contributed by atoms with van der Waals surface area (Å²) in [6.07, 6.45) is 4.58. The van der Waals surface area contributed by atoms with E-state index >= 15 is 0 Å². The average Bonchev–Trinajstić information content (AvgIpc) is 2.78. The molecule has 1 aliphatic rings. The number of hydrogen-bond donors (Lipinski definition) is 1. The van der Waals surface area contributed by atoms with Crippen molar-refractivity contribution in [3.8, 4) is 0 Å². The van der Waals surface area contributed by atoms with Gasteiger partial charge in [0.15, 0.2) is 0 Å². The molecular weight excluding hydrogens is 206 g/mol. The first-order valence-electron chi connectivity index (χ1n) is 5.20. The maximum absolute atomic E-state index is 12.0. The van der Waals surface area contributed by atoms with Crippen molar-refractivity contribution in [1.82, 2.24) is 9.88 Å². The van der Waals surface area contributed by atoms with Gasteiger partial charge in [-0.2, -0.15) is 0 Å². The molecule has 2 N–H and O–H groups in total. The van der Waals surface area contributed by atoms with Gasteiger partial charge in [-0.3, -0.25) is 14.6 Å². The number of nitrogens with two attached hydrogens (primary N) is 1. The zero-order chi connectivity index (χ0) is 11.5. The first-order chi connectivity index (χ1) is 7.70. The normalized spacial score (nSPS) is 19.8. The second-order valence-corrected chi connectivity index (χ2v) is 3.80. The molecule has 2 heterocycles. The first kappa shape index (κ1) is 10.6. The molecule has 0 aromatic carbocycles. The van der Waals surface area contributed by atoms with Gasteiger partial charge in [-0.25, -0.2) is 0 Å². The second kappa shape index (κ2) is 4.30. The lowest BCUT2D eigenvalue weighted by Crippen LogP contribution is -2.43. The van der Waals surface area contributed by atoms with Gasteiger partial charge in [0.2, 0.25) is 5.91 Å². The molecule has 84 valence electrons. The van der Waals surface area contributed by atoms with E-state index in [9.17, 15) is 9.59 Å². The zero-order valence-electron chi connectivity index (χ0n) is 8.80. The zero-order valence-corrected chi connectivity index (χ0v) is 8.80. The molecule has 5 nitrogen and oxygen atoms in total. The lowest BCUT2D eigenvalue weighted by Gasteiger charge is -2.21. The molecule has 1 aromatic rings. The van der Waals surface area contributed by atoms with Crippen molar-refractivity contribution in [2.24, 2.45) is 5.73 Å². The molecule has 0 bridgehead atoms. The number of nitrogens with zero attached hydrogens (tertiary/aromatic N) is 2. The van der Waals surface area contributed by atoms with Gasteiger partial charge in [-0.15, -0.1) is 0 Å². The highest BCUT2D eigenvalue weighted by molar-refractivity contribution is 5.97.